The van der Waals surface area contributed by atoms with Gasteiger partial charge in [-0.25, -0.2) is 0 Å². The van der Waals surface area contributed by atoms with E-state index in [4.69, 9.17) is 0 Å². The molecule has 1 saturated heterocycles. The molecule has 2 fully saturated rings. The fourth-order valence-corrected chi connectivity index (χ4v) is 3.22. The number of hydrogen-bond donors (Lipinski definition) is 1. The standard InChI is InChI=1S/C12H23N/c1-2-4-11-5-8-12(9-6-11)7-3-10-13-12/h11,13H,2-10H2,1H3. The van der Waals surface area contributed by atoms with Crippen LogP contribution in [0.2, 0.25) is 0 Å². The predicted molar refractivity (Wildman–Crippen MR) is 56.8 cm³/mol. The summed E-state index contributed by atoms with van der Waals surface area (Å²) in [7, 11) is 0. The van der Waals surface area contributed by atoms with Crippen LogP contribution >= 0.6 is 0 Å². The minimum absolute atomic E-state index is 0.601. The Balaban J connectivity index is 1.81. The van der Waals surface area contributed by atoms with Crippen molar-refractivity contribution in [2.45, 2.75) is 63.8 Å². The van der Waals surface area contributed by atoms with Crippen molar-refractivity contribution in [3.8, 4) is 0 Å². The minimum Gasteiger partial charge on any atom is -0.311 e. The molecule has 0 unspecified atom stereocenters. The van der Waals surface area contributed by atoms with Gasteiger partial charge < -0.3 is 5.32 Å². The van der Waals surface area contributed by atoms with Gasteiger partial charge in [0, 0.05) is 5.54 Å². The zero-order valence-corrected chi connectivity index (χ0v) is 8.94. The summed E-state index contributed by atoms with van der Waals surface area (Å²) in [6, 6.07) is 0. The van der Waals surface area contributed by atoms with E-state index >= 15 is 0 Å². The number of rotatable bonds is 2. The van der Waals surface area contributed by atoms with E-state index in [1.165, 1.54) is 57.9 Å². The van der Waals surface area contributed by atoms with Crippen LogP contribution < -0.4 is 5.32 Å². The molecule has 0 amide bonds. The van der Waals surface area contributed by atoms with Crippen molar-refractivity contribution in [1.29, 1.82) is 0 Å². The second-order valence-corrected chi connectivity index (χ2v) is 5.04. The Morgan fingerprint density at radius 1 is 1.23 bits per heavy atom. The first-order valence-electron chi connectivity index (χ1n) is 6.10. The second-order valence-electron chi connectivity index (χ2n) is 5.04. The van der Waals surface area contributed by atoms with Gasteiger partial charge in [-0.2, -0.15) is 0 Å². The van der Waals surface area contributed by atoms with Gasteiger partial charge in [0.1, 0.15) is 0 Å². The van der Waals surface area contributed by atoms with Gasteiger partial charge in [-0.05, 0) is 51.0 Å². The van der Waals surface area contributed by atoms with Crippen molar-refractivity contribution in [2.75, 3.05) is 6.54 Å². The maximum Gasteiger partial charge on any atom is 0.0182 e. The highest BCUT2D eigenvalue weighted by Crippen LogP contribution is 2.38. The van der Waals surface area contributed by atoms with Crippen molar-refractivity contribution in [3.05, 3.63) is 0 Å². The Morgan fingerprint density at radius 2 is 2.00 bits per heavy atom. The van der Waals surface area contributed by atoms with Gasteiger partial charge in [-0.15, -0.1) is 0 Å². The third-order valence-electron chi connectivity index (χ3n) is 4.09. The van der Waals surface area contributed by atoms with Crippen LogP contribution in [0.4, 0.5) is 0 Å². The van der Waals surface area contributed by atoms with Gasteiger partial charge in [-0.1, -0.05) is 19.8 Å². The molecule has 13 heavy (non-hydrogen) atoms. The van der Waals surface area contributed by atoms with Gasteiger partial charge in [0.15, 0.2) is 0 Å². The maximum absolute atomic E-state index is 3.73. The first kappa shape index (κ1) is 9.51. The molecule has 1 heteroatoms. The van der Waals surface area contributed by atoms with Gasteiger partial charge in [0.2, 0.25) is 0 Å². The normalized spacial score (nSPS) is 39.9. The Kier molecular flexibility index (Phi) is 2.92. The van der Waals surface area contributed by atoms with E-state index in [-0.39, 0.29) is 0 Å². The van der Waals surface area contributed by atoms with E-state index in [0.29, 0.717) is 5.54 Å². The lowest BCUT2D eigenvalue weighted by molar-refractivity contribution is 0.203. The summed E-state index contributed by atoms with van der Waals surface area (Å²) in [4.78, 5) is 0. The highest BCUT2D eigenvalue weighted by Gasteiger charge is 2.36. The van der Waals surface area contributed by atoms with Crippen LogP contribution in [-0.4, -0.2) is 12.1 Å². The minimum atomic E-state index is 0.601. The van der Waals surface area contributed by atoms with Crippen LogP contribution in [0.1, 0.15) is 58.3 Å². The maximum atomic E-state index is 3.73. The average Bonchev–Trinajstić information content (AvgIpc) is 2.59. The molecule has 2 aliphatic rings. The van der Waals surface area contributed by atoms with Crippen LogP contribution in [-0.2, 0) is 0 Å². The van der Waals surface area contributed by atoms with Crippen molar-refractivity contribution < 1.29 is 0 Å². The average molecular weight is 181 g/mol. The van der Waals surface area contributed by atoms with Crippen LogP contribution in [0, 0.1) is 5.92 Å². The van der Waals surface area contributed by atoms with Crippen molar-refractivity contribution in [2.24, 2.45) is 5.92 Å². The number of nitrogens with one attached hydrogen (secondary N) is 1. The Hall–Kier alpha value is -0.0400. The van der Waals surface area contributed by atoms with Crippen molar-refractivity contribution in [3.63, 3.8) is 0 Å². The van der Waals surface area contributed by atoms with E-state index < -0.39 is 0 Å². The van der Waals surface area contributed by atoms with Crippen LogP contribution in [0.5, 0.6) is 0 Å². The van der Waals surface area contributed by atoms with Gasteiger partial charge in [0.05, 0.1) is 0 Å². The monoisotopic (exact) mass is 181 g/mol. The van der Waals surface area contributed by atoms with Gasteiger partial charge >= 0.3 is 0 Å². The molecule has 0 aromatic carbocycles. The molecule has 0 radical (unpaired) electrons. The van der Waals surface area contributed by atoms with E-state index in [0.717, 1.165) is 5.92 Å². The molecular formula is C12H23N. The van der Waals surface area contributed by atoms with E-state index in [9.17, 15) is 0 Å². The smallest absolute Gasteiger partial charge is 0.0182 e. The second kappa shape index (κ2) is 4.00. The Labute approximate surface area is 82.3 Å². The molecule has 1 aliphatic heterocycles. The lowest BCUT2D eigenvalue weighted by Gasteiger charge is -2.37. The van der Waals surface area contributed by atoms with Crippen molar-refractivity contribution >= 4 is 0 Å². The summed E-state index contributed by atoms with van der Waals surface area (Å²) in [5, 5.41) is 3.73. The number of hydrogen-bond acceptors (Lipinski definition) is 1. The summed E-state index contributed by atoms with van der Waals surface area (Å²) in [5.74, 6) is 1.05. The molecule has 2 rings (SSSR count). The first-order valence-corrected chi connectivity index (χ1v) is 6.10. The first-order chi connectivity index (χ1) is 6.35. The molecule has 0 aromatic rings. The fraction of sp³-hybridized carbons (Fsp3) is 1.00. The third-order valence-corrected chi connectivity index (χ3v) is 4.09. The molecule has 0 atom stereocenters. The molecule has 1 nitrogen and oxygen atoms in total. The quantitative estimate of drug-likeness (QED) is 0.690. The SMILES string of the molecule is CCCC1CCC2(CCCN2)CC1. The Bertz CT molecular complexity index is 149. The van der Waals surface area contributed by atoms with Crippen LogP contribution in [0.15, 0.2) is 0 Å². The molecule has 76 valence electrons. The molecule has 0 bridgehead atoms. The summed E-state index contributed by atoms with van der Waals surface area (Å²) < 4.78 is 0. The third kappa shape index (κ3) is 2.07. The largest absolute Gasteiger partial charge is 0.311 e. The molecule has 1 heterocycles. The fourth-order valence-electron chi connectivity index (χ4n) is 3.22. The van der Waals surface area contributed by atoms with Gasteiger partial charge in [0.25, 0.3) is 0 Å². The zero-order chi connectivity index (χ0) is 9.15. The molecule has 1 N–H and O–H groups in total. The van der Waals surface area contributed by atoms with Crippen LogP contribution in [0.3, 0.4) is 0 Å². The van der Waals surface area contributed by atoms with Crippen molar-refractivity contribution in [1.82, 2.24) is 5.32 Å². The van der Waals surface area contributed by atoms with Crippen LogP contribution in [0.25, 0.3) is 0 Å². The Morgan fingerprint density at radius 3 is 2.54 bits per heavy atom. The lowest BCUT2D eigenvalue weighted by Crippen LogP contribution is -2.42. The summed E-state index contributed by atoms with van der Waals surface area (Å²) >= 11 is 0. The highest BCUT2D eigenvalue weighted by atomic mass is 15.0. The molecule has 1 aliphatic carbocycles. The van der Waals surface area contributed by atoms with Gasteiger partial charge in [-0.3, -0.25) is 0 Å². The topological polar surface area (TPSA) is 12.0 Å². The molecule has 0 aromatic heterocycles. The molecular weight excluding hydrogens is 158 g/mol. The predicted octanol–water partition coefficient (Wildman–Crippen LogP) is 3.10. The summed E-state index contributed by atoms with van der Waals surface area (Å²) in [6.45, 7) is 3.59. The lowest BCUT2D eigenvalue weighted by atomic mass is 9.74. The van der Waals surface area contributed by atoms with E-state index in [2.05, 4.69) is 12.2 Å². The van der Waals surface area contributed by atoms with E-state index in [1.807, 2.05) is 0 Å². The molecule has 1 spiro atoms. The summed E-state index contributed by atoms with van der Waals surface area (Å²) in [6.07, 6.45) is 11.6. The van der Waals surface area contributed by atoms with E-state index in [1.54, 1.807) is 0 Å². The summed E-state index contributed by atoms with van der Waals surface area (Å²) in [5.41, 5.74) is 0.601. The zero-order valence-electron chi connectivity index (χ0n) is 8.94. The molecule has 1 saturated carbocycles. The highest BCUT2D eigenvalue weighted by molar-refractivity contribution is 4.96.